The maximum absolute atomic E-state index is 12.0. The first kappa shape index (κ1) is 25.0. The van der Waals surface area contributed by atoms with Crippen LogP contribution < -0.4 is 0 Å². The molecule has 7 heteroatoms. The number of fused-ring (bicyclic) bond motifs is 1. The molecule has 2 N–H and O–H groups in total. The number of benzene rings is 3. The molecular weight excluding hydrogens is 476 g/mol. The Kier molecular flexibility index (Phi) is 6.85. The van der Waals surface area contributed by atoms with Gasteiger partial charge in [-0.2, -0.15) is 0 Å². The maximum atomic E-state index is 12.0. The van der Waals surface area contributed by atoms with Gasteiger partial charge in [0, 0.05) is 40.6 Å². The first-order valence-corrected chi connectivity index (χ1v) is 12.3. The molecule has 0 radical (unpaired) electrons. The number of methoxy groups -OCH3 is 1. The minimum Gasteiger partial charge on any atom is -0.494 e. The standard InChI is InChI=1S/C31H30N4O3/c1-20-17-23(13-15-27(20)35-16-8-11-24(35)19-34(2)3)32-29(21-9-6-5-7-10-21)28-25-14-12-22(31(37)38-4)18-26(25)33-30(28)36/h5-18,33,36H,19H2,1-4H3. The van der Waals surface area contributed by atoms with Gasteiger partial charge in [0.05, 0.1) is 29.6 Å². The molecule has 5 rings (SSSR count). The number of carbonyl (C=O) groups is 1. The summed E-state index contributed by atoms with van der Waals surface area (Å²) in [4.78, 5) is 22.2. The molecule has 7 nitrogen and oxygen atoms in total. The summed E-state index contributed by atoms with van der Waals surface area (Å²) in [6, 6.07) is 25.2. The molecule has 0 fully saturated rings. The summed E-state index contributed by atoms with van der Waals surface area (Å²) < 4.78 is 7.05. The van der Waals surface area contributed by atoms with Gasteiger partial charge in [0.2, 0.25) is 0 Å². The van der Waals surface area contributed by atoms with Crippen molar-refractivity contribution < 1.29 is 14.6 Å². The van der Waals surface area contributed by atoms with Crippen LogP contribution in [0.1, 0.15) is 32.7 Å². The van der Waals surface area contributed by atoms with E-state index in [1.54, 1.807) is 18.2 Å². The van der Waals surface area contributed by atoms with Crippen molar-refractivity contribution in [3.05, 3.63) is 113 Å². The predicted molar refractivity (Wildman–Crippen MR) is 151 cm³/mol. The van der Waals surface area contributed by atoms with Crippen molar-refractivity contribution in [2.45, 2.75) is 13.5 Å². The molecule has 2 heterocycles. The second-order valence-electron chi connectivity index (χ2n) is 9.51. The average Bonchev–Trinajstić information content (AvgIpc) is 3.49. The van der Waals surface area contributed by atoms with Gasteiger partial charge < -0.3 is 24.3 Å². The summed E-state index contributed by atoms with van der Waals surface area (Å²) in [7, 11) is 5.46. The average molecular weight is 507 g/mol. The van der Waals surface area contributed by atoms with E-state index in [1.807, 2.05) is 36.4 Å². The topological polar surface area (TPSA) is 82.8 Å². The number of esters is 1. The van der Waals surface area contributed by atoms with Crippen LogP contribution in [0.3, 0.4) is 0 Å². The monoisotopic (exact) mass is 506 g/mol. The number of nitrogens with one attached hydrogen (secondary N) is 1. The molecule has 3 aromatic carbocycles. The zero-order valence-corrected chi connectivity index (χ0v) is 21.9. The van der Waals surface area contributed by atoms with Gasteiger partial charge in [0.25, 0.3) is 0 Å². The molecule has 38 heavy (non-hydrogen) atoms. The van der Waals surface area contributed by atoms with E-state index in [2.05, 4.69) is 65.9 Å². The van der Waals surface area contributed by atoms with Gasteiger partial charge in [-0.15, -0.1) is 0 Å². The quantitative estimate of drug-likeness (QED) is 0.210. The van der Waals surface area contributed by atoms with Crippen LogP contribution in [0.15, 0.2) is 90.1 Å². The number of carbonyl (C=O) groups excluding carboxylic acids is 1. The Balaban J connectivity index is 1.62. The molecular formula is C31H30N4O3. The summed E-state index contributed by atoms with van der Waals surface area (Å²) in [6.45, 7) is 2.91. The van der Waals surface area contributed by atoms with E-state index < -0.39 is 5.97 Å². The molecule has 192 valence electrons. The van der Waals surface area contributed by atoms with Gasteiger partial charge in [-0.1, -0.05) is 36.4 Å². The first-order chi connectivity index (χ1) is 18.4. The second-order valence-corrected chi connectivity index (χ2v) is 9.51. The highest BCUT2D eigenvalue weighted by Crippen LogP contribution is 2.33. The highest BCUT2D eigenvalue weighted by Gasteiger charge is 2.20. The Hall–Kier alpha value is -4.62. The number of nitrogens with zero attached hydrogens (tertiary/aromatic N) is 3. The van der Waals surface area contributed by atoms with Crippen LogP contribution in [-0.2, 0) is 11.3 Å². The first-order valence-electron chi connectivity index (χ1n) is 12.3. The summed E-state index contributed by atoms with van der Waals surface area (Å²) in [6.07, 6.45) is 2.08. The molecule has 0 spiro atoms. The Labute approximate surface area is 221 Å². The molecule has 0 aliphatic carbocycles. The molecule has 0 aliphatic heterocycles. The van der Waals surface area contributed by atoms with Gasteiger partial charge in [-0.25, -0.2) is 9.79 Å². The van der Waals surface area contributed by atoms with Crippen LogP contribution in [0.2, 0.25) is 0 Å². The SMILES string of the molecule is COC(=O)c1ccc2c(C(=Nc3ccc(-n4cccc4CN(C)C)c(C)c3)c3ccccc3)c(O)[nH]c2c1. The van der Waals surface area contributed by atoms with Crippen LogP contribution >= 0.6 is 0 Å². The fraction of sp³-hybridized carbons (Fsp3) is 0.161. The lowest BCUT2D eigenvalue weighted by Crippen LogP contribution is -2.14. The third kappa shape index (κ3) is 4.84. The summed E-state index contributed by atoms with van der Waals surface area (Å²) in [5.41, 5.74) is 7.23. The molecule has 0 unspecified atom stereocenters. The van der Waals surface area contributed by atoms with Gasteiger partial charge >= 0.3 is 5.97 Å². The van der Waals surface area contributed by atoms with Gasteiger partial charge in [-0.05, 0) is 69.0 Å². The third-order valence-corrected chi connectivity index (χ3v) is 6.48. The molecule has 0 saturated carbocycles. The molecule has 0 aliphatic rings. The number of aromatic hydroxyl groups is 1. The summed E-state index contributed by atoms with van der Waals surface area (Å²) in [5.74, 6) is -0.454. The molecule has 0 amide bonds. The zero-order chi connectivity index (χ0) is 26.8. The fourth-order valence-electron chi connectivity index (χ4n) is 4.74. The van der Waals surface area contributed by atoms with E-state index >= 15 is 0 Å². The third-order valence-electron chi connectivity index (χ3n) is 6.48. The lowest BCUT2D eigenvalue weighted by Gasteiger charge is -2.16. The fourth-order valence-corrected chi connectivity index (χ4v) is 4.74. The van der Waals surface area contributed by atoms with E-state index in [0.717, 1.165) is 34.4 Å². The van der Waals surface area contributed by atoms with Gasteiger partial charge in [0.1, 0.15) is 0 Å². The van der Waals surface area contributed by atoms with E-state index in [9.17, 15) is 9.90 Å². The second kappa shape index (κ2) is 10.4. The number of aromatic amines is 1. The molecule has 0 bridgehead atoms. The smallest absolute Gasteiger partial charge is 0.337 e. The number of aromatic nitrogens is 2. The van der Waals surface area contributed by atoms with Crippen molar-refractivity contribution in [3.63, 3.8) is 0 Å². The molecule has 5 aromatic rings. The normalized spacial score (nSPS) is 11.9. The Morgan fingerprint density at radius 1 is 1.00 bits per heavy atom. The summed E-state index contributed by atoms with van der Waals surface area (Å²) >= 11 is 0. The lowest BCUT2D eigenvalue weighted by atomic mass is 10.00. The van der Waals surface area contributed by atoms with Crippen molar-refractivity contribution in [3.8, 4) is 11.6 Å². The molecule has 0 atom stereocenters. The summed E-state index contributed by atoms with van der Waals surface area (Å²) in [5, 5.41) is 11.8. The van der Waals surface area contributed by atoms with Crippen LogP contribution in [0.25, 0.3) is 16.6 Å². The maximum Gasteiger partial charge on any atom is 0.337 e. The molecule has 2 aromatic heterocycles. The lowest BCUT2D eigenvalue weighted by molar-refractivity contribution is 0.0601. The Morgan fingerprint density at radius 3 is 2.50 bits per heavy atom. The van der Waals surface area contributed by atoms with Crippen LogP contribution in [0, 0.1) is 6.92 Å². The number of aliphatic imine (C=N–C) groups is 1. The minimum atomic E-state index is -0.438. The predicted octanol–water partition coefficient (Wildman–Crippen LogP) is 5.99. The van der Waals surface area contributed by atoms with Crippen molar-refractivity contribution in [1.29, 1.82) is 0 Å². The zero-order valence-electron chi connectivity index (χ0n) is 21.9. The van der Waals surface area contributed by atoms with E-state index in [-0.39, 0.29) is 5.88 Å². The van der Waals surface area contributed by atoms with Crippen molar-refractivity contribution in [2.75, 3.05) is 21.2 Å². The largest absolute Gasteiger partial charge is 0.494 e. The van der Waals surface area contributed by atoms with E-state index in [0.29, 0.717) is 22.4 Å². The van der Waals surface area contributed by atoms with Crippen LogP contribution in [0.5, 0.6) is 5.88 Å². The van der Waals surface area contributed by atoms with Crippen molar-refractivity contribution in [2.24, 2.45) is 4.99 Å². The number of aryl methyl sites for hydroxylation is 1. The van der Waals surface area contributed by atoms with Crippen molar-refractivity contribution >= 4 is 28.3 Å². The number of hydrogen-bond acceptors (Lipinski definition) is 5. The minimum absolute atomic E-state index is 0.0152. The van der Waals surface area contributed by atoms with Gasteiger partial charge in [0.15, 0.2) is 5.88 Å². The number of rotatable bonds is 7. The van der Waals surface area contributed by atoms with E-state index in [4.69, 9.17) is 9.73 Å². The van der Waals surface area contributed by atoms with Crippen LogP contribution in [-0.4, -0.2) is 52.4 Å². The van der Waals surface area contributed by atoms with E-state index in [1.165, 1.54) is 12.8 Å². The number of ether oxygens (including phenoxy) is 1. The number of H-pyrrole nitrogens is 1. The highest BCUT2D eigenvalue weighted by molar-refractivity contribution is 6.22. The van der Waals surface area contributed by atoms with Gasteiger partial charge in [-0.3, -0.25) is 0 Å². The molecule has 0 saturated heterocycles. The Bertz CT molecular complexity index is 1640. The Morgan fingerprint density at radius 2 is 1.79 bits per heavy atom. The number of hydrogen-bond donors (Lipinski definition) is 2. The van der Waals surface area contributed by atoms with Crippen molar-refractivity contribution in [1.82, 2.24) is 14.5 Å². The van der Waals surface area contributed by atoms with Crippen LogP contribution in [0.4, 0.5) is 5.69 Å². The highest BCUT2D eigenvalue weighted by atomic mass is 16.5.